The molecule has 9 heteroatoms. The van der Waals surface area contributed by atoms with Crippen molar-refractivity contribution in [2.24, 2.45) is 5.50 Å². The maximum Gasteiger partial charge on any atom is 0.296 e. The van der Waals surface area contributed by atoms with Crippen LogP contribution in [-0.2, 0) is 9.13 Å². The van der Waals surface area contributed by atoms with Crippen molar-refractivity contribution in [2.45, 2.75) is 33.7 Å². The first-order valence-corrected chi connectivity index (χ1v) is 11.3. The molecule has 14 heavy (non-hydrogen) atoms. The fourth-order valence-electron chi connectivity index (χ4n) is 0.475. The van der Waals surface area contributed by atoms with Crippen molar-refractivity contribution >= 4 is 45.2 Å². The largest absolute Gasteiger partial charge is 0.296 e. The maximum absolute atomic E-state index is 11.3. The minimum absolute atomic E-state index is 0.0796. The zero-order valence-electron chi connectivity index (χ0n) is 8.53. The van der Waals surface area contributed by atoms with Gasteiger partial charge in [0.2, 0.25) is 0 Å². The van der Waals surface area contributed by atoms with Crippen molar-refractivity contribution in [3.05, 3.63) is 0 Å². The number of hydrogen-bond acceptors (Lipinski definition) is 3. The predicted octanol–water partition coefficient (Wildman–Crippen LogP) is 4.40. The fourth-order valence-corrected chi connectivity index (χ4v) is 12.3. The monoisotopic (exact) mass is 300 g/mol. The summed E-state index contributed by atoms with van der Waals surface area (Å²) in [6, 6.07) is -0.0796. The number of nitrogens with one attached hydrogen (secondary N) is 1. The van der Waals surface area contributed by atoms with E-state index in [4.69, 9.17) is 28.0 Å². The van der Waals surface area contributed by atoms with Crippen LogP contribution in [0.3, 0.4) is 0 Å². The molecule has 2 atom stereocenters. The molecule has 4 nitrogen and oxygen atoms in total. The Bertz CT molecular complexity index is 246. The SMILES string of the molecule is CC.CC(C)NP(=O)(Cl)SP(N)(=O)Cl. The first-order valence-electron chi connectivity index (χ1n) is 3.99. The van der Waals surface area contributed by atoms with E-state index in [0.29, 0.717) is 11.0 Å². The lowest BCUT2D eigenvalue weighted by atomic mass is 10.4. The molecule has 0 spiro atoms. The Hall–Kier alpha value is 1.31. The quantitative estimate of drug-likeness (QED) is 0.753. The summed E-state index contributed by atoms with van der Waals surface area (Å²) in [5.41, 5.74) is 4.98. The van der Waals surface area contributed by atoms with Gasteiger partial charge < -0.3 is 0 Å². The van der Waals surface area contributed by atoms with Gasteiger partial charge >= 0.3 is 0 Å². The molecule has 3 N–H and O–H groups in total. The van der Waals surface area contributed by atoms with Gasteiger partial charge in [0.05, 0.1) is 0 Å². The number of hydrogen-bond donors (Lipinski definition) is 2. The molecule has 0 aliphatic heterocycles. The van der Waals surface area contributed by atoms with E-state index in [2.05, 4.69) is 5.09 Å². The molecule has 0 amide bonds. The van der Waals surface area contributed by atoms with Crippen LogP contribution in [0.1, 0.15) is 27.7 Å². The molecule has 0 saturated heterocycles. The lowest BCUT2D eigenvalue weighted by Gasteiger charge is -2.14. The van der Waals surface area contributed by atoms with Crippen LogP contribution in [0, 0.1) is 0 Å². The topological polar surface area (TPSA) is 72.2 Å². The Morgan fingerprint density at radius 1 is 1.29 bits per heavy atom. The van der Waals surface area contributed by atoms with Gasteiger partial charge in [0.15, 0.2) is 0 Å². The van der Waals surface area contributed by atoms with Crippen molar-refractivity contribution in [3.63, 3.8) is 0 Å². The molecule has 0 aromatic carbocycles. The minimum atomic E-state index is -3.41. The Labute approximate surface area is 98.6 Å². The molecule has 0 saturated carbocycles. The van der Waals surface area contributed by atoms with E-state index in [1.54, 1.807) is 13.8 Å². The lowest BCUT2D eigenvalue weighted by molar-refractivity contribution is 0.578. The fraction of sp³-hybridized carbons (Fsp3) is 1.00. The number of nitrogens with two attached hydrogens (primary N) is 1. The second-order valence-corrected chi connectivity index (χ2v) is 14.1. The van der Waals surface area contributed by atoms with Crippen molar-refractivity contribution in [3.8, 4) is 0 Å². The van der Waals surface area contributed by atoms with Gasteiger partial charge in [-0.3, -0.25) is 14.6 Å². The zero-order valence-corrected chi connectivity index (χ0v) is 12.6. The molecular formula is C5H16Cl2N2O2P2S. The van der Waals surface area contributed by atoms with Crippen molar-refractivity contribution < 1.29 is 9.13 Å². The second-order valence-electron chi connectivity index (χ2n) is 2.37. The third-order valence-corrected chi connectivity index (χ3v) is 11.0. The smallest absolute Gasteiger partial charge is 0.277 e. The molecule has 2 unspecified atom stereocenters. The summed E-state index contributed by atoms with van der Waals surface area (Å²) in [6.07, 6.45) is 0. The van der Waals surface area contributed by atoms with Crippen LogP contribution in [-0.4, -0.2) is 6.04 Å². The highest BCUT2D eigenvalue weighted by molar-refractivity contribution is 8.94. The van der Waals surface area contributed by atoms with Gasteiger partial charge in [-0.2, -0.15) is 0 Å². The van der Waals surface area contributed by atoms with Gasteiger partial charge in [0.25, 0.3) is 11.7 Å². The second kappa shape index (κ2) is 7.56. The maximum atomic E-state index is 11.3. The van der Waals surface area contributed by atoms with Crippen molar-refractivity contribution in [1.82, 2.24) is 5.09 Å². The van der Waals surface area contributed by atoms with Gasteiger partial charge in [0, 0.05) is 17.0 Å². The minimum Gasteiger partial charge on any atom is -0.277 e. The van der Waals surface area contributed by atoms with Crippen LogP contribution in [0.2, 0.25) is 0 Å². The number of halogens is 2. The Morgan fingerprint density at radius 2 is 1.64 bits per heavy atom. The molecule has 0 bridgehead atoms. The van der Waals surface area contributed by atoms with E-state index >= 15 is 0 Å². The molecule has 0 fully saturated rings. The van der Waals surface area contributed by atoms with Crippen molar-refractivity contribution in [2.75, 3.05) is 0 Å². The Balaban J connectivity index is 0. The highest BCUT2D eigenvalue weighted by Gasteiger charge is 2.29. The van der Waals surface area contributed by atoms with Gasteiger partial charge in [-0.1, -0.05) is 13.8 Å². The van der Waals surface area contributed by atoms with Crippen LogP contribution in [0.5, 0.6) is 0 Å². The molecule has 0 aliphatic carbocycles. The summed E-state index contributed by atoms with van der Waals surface area (Å²) >= 11 is 11.1. The average molecular weight is 301 g/mol. The Kier molecular flexibility index (Phi) is 9.56. The van der Waals surface area contributed by atoms with E-state index in [1.165, 1.54) is 0 Å². The molecule has 88 valence electrons. The van der Waals surface area contributed by atoms with Crippen LogP contribution >= 0.6 is 45.2 Å². The summed E-state index contributed by atoms with van der Waals surface area (Å²) < 4.78 is 22.1. The van der Waals surface area contributed by atoms with Crippen molar-refractivity contribution in [1.29, 1.82) is 0 Å². The van der Waals surface area contributed by atoms with Crippen LogP contribution in [0.4, 0.5) is 0 Å². The summed E-state index contributed by atoms with van der Waals surface area (Å²) in [6.45, 7) is 7.51. The first kappa shape index (κ1) is 17.7. The van der Waals surface area contributed by atoms with E-state index in [9.17, 15) is 9.13 Å². The molecule has 0 aromatic heterocycles. The summed E-state index contributed by atoms with van der Waals surface area (Å²) in [7, 11) is 0. The average Bonchev–Trinajstić information content (AvgIpc) is 1.82. The molecule has 0 heterocycles. The van der Waals surface area contributed by atoms with Crippen LogP contribution in [0.15, 0.2) is 0 Å². The third-order valence-electron chi connectivity index (χ3n) is 0.629. The molecule has 0 aliphatic rings. The van der Waals surface area contributed by atoms with Gasteiger partial charge in [-0.05, 0) is 36.3 Å². The van der Waals surface area contributed by atoms with Gasteiger partial charge in [0.1, 0.15) is 0 Å². The van der Waals surface area contributed by atoms with Crippen LogP contribution < -0.4 is 10.6 Å². The first-order chi connectivity index (χ1) is 6.12. The molecule has 0 aromatic rings. The van der Waals surface area contributed by atoms with Crippen LogP contribution in [0.25, 0.3) is 0 Å². The molecule has 0 rings (SSSR count). The van der Waals surface area contributed by atoms with E-state index in [0.717, 1.165) is 0 Å². The lowest BCUT2D eigenvalue weighted by Crippen LogP contribution is -2.15. The Morgan fingerprint density at radius 3 is 1.86 bits per heavy atom. The normalized spacial score (nSPS) is 19.1. The zero-order chi connectivity index (χ0) is 12.0. The highest BCUT2D eigenvalue weighted by atomic mass is 35.7. The van der Waals surface area contributed by atoms with Gasteiger partial charge in [-0.15, -0.1) is 0 Å². The van der Waals surface area contributed by atoms with E-state index in [-0.39, 0.29) is 6.04 Å². The summed E-state index contributed by atoms with van der Waals surface area (Å²) in [5, 5.41) is 2.52. The van der Waals surface area contributed by atoms with E-state index in [1.807, 2.05) is 13.8 Å². The summed E-state index contributed by atoms with van der Waals surface area (Å²) in [5.74, 6) is -6.66. The molecule has 0 radical (unpaired) electrons. The summed E-state index contributed by atoms with van der Waals surface area (Å²) in [4.78, 5) is 0. The third kappa shape index (κ3) is 13.3. The standard InChI is InChI=1S/C3H10Cl2N2O2P2S.C2H6/c1-3(2)7-11(5,9)12-10(4,6)8;1-2/h3H,1-2H3,(H2,6,8)(H,7,9);1-2H3. The number of rotatable bonds is 4. The van der Waals surface area contributed by atoms with Gasteiger partial charge in [-0.25, -0.2) is 5.09 Å². The van der Waals surface area contributed by atoms with E-state index < -0.39 is 11.7 Å². The molecular weight excluding hydrogens is 285 g/mol. The highest BCUT2D eigenvalue weighted by Crippen LogP contribution is 2.77. The predicted molar refractivity (Wildman–Crippen MR) is 68.3 cm³/mol.